The summed E-state index contributed by atoms with van der Waals surface area (Å²) in [5.74, 6) is 4.60. The van der Waals surface area contributed by atoms with Crippen LogP contribution < -0.4 is 0 Å². The van der Waals surface area contributed by atoms with Crippen molar-refractivity contribution < 1.29 is 8.83 Å². The normalized spacial score (nSPS) is 20.4. The highest BCUT2D eigenvalue weighted by molar-refractivity contribution is 5.99. The number of aromatic nitrogens is 3. The first-order valence-corrected chi connectivity index (χ1v) is 16.7. The van der Waals surface area contributed by atoms with E-state index < -0.39 is 5.41 Å². The van der Waals surface area contributed by atoms with Crippen molar-refractivity contribution in [2.24, 2.45) is 5.92 Å². The Balaban J connectivity index is 1.22. The molecule has 2 aliphatic rings. The molecule has 3 atom stereocenters. The summed E-state index contributed by atoms with van der Waals surface area (Å²) in [5.41, 5.74) is 5.85. The van der Waals surface area contributed by atoms with Gasteiger partial charge in [0.1, 0.15) is 28.5 Å². The Morgan fingerprint density at radius 1 is 0.787 bits per heavy atom. The average molecular weight is 614 g/mol. The number of furan rings is 2. The number of hydrogen-bond acceptors (Lipinski definition) is 5. The lowest BCUT2D eigenvalue weighted by Gasteiger charge is -2.31. The predicted octanol–water partition coefficient (Wildman–Crippen LogP) is 10.8. The fraction of sp³-hybridized carbons (Fsp3) is 0.214. The highest BCUT2D eigenvalue weighted by atomic mass is 16.3. The highest BCUT2D eigenvalue weighted by Crippen LogP contribution is 2.48. The summed E-state index contributed by atoms with van der Waals surface area (Å²) in [6.07, 6.45) is 9.42. The van der Waals surface area contributed by atoms with Crippen LogP contribution in [0.1, 0.15) is 73.8 Å². The van der Waals surface area contributed by atoms with Gasteiger partial charge in [0.15, 0.2) is 11.6 Å². The van der Waals surface area contributed by atoms with Crippen LogP contribution in [0.5, 0.6) is 0 Å². The first kappa shape index (κ1) is 28.0. The highest BCUT2D eigenvalue weighted by Gasteiger charge is 2.38. The third-order valence-corrected chi connectivity index (χ3v) is 10.3. The van der Waals surface area contributed by atoms with Crippen LogP contribution in [-0.2, 0) is 11.8 Å². The SMILES string of the molecule is CCCC1C(c2nc(-c3ccccc3)nc([C@]3(C)C=Cc4oc5cc6ccccc6cc5c4C3)n2)=Cc2c(oc3ccccc23)C1C. The average Bonchev–Trinajstić information content (AvgIpc) is 3.66. The molecule has 0 saturated heterocycles. The number of allylic oxidation sites excluding steroid dienone is 2. The summed E-state index contributed by atoms with van der Waals surface area (Å²) >= 11 is 0. The molecule has 2 unspecified atom stereocenters. The molecule has 0 N–H and O–H groups in total. The lowest BCUT2D eigenvalue weighted by Crippen LogP contribution is -2.29. The molecule has 47 heavy (non-hydrogen) atoms. The maximum absolute atomic E-state index is 6.46. The monoisotopic (exact) mass is 613 g/mol. The Labute approximate surface area is 273 Å². The van der Waals surface area contributed by atoms with Crippen molar-refractivity contribution in [1.29, 1.82) is 0 Å². The molecule has 4 aromatic carbocycles. The first-order chi connectivity index (χ1) is 23.0. The quantitative estimate of drug-likeness (QED) is 0.193. The summed E-state index contributed by atoms with van der Waals surface area (Å²) in [7, 11) is 0. The Morgan fingerprint density at radius 2 is 1.53 bits per heavy atom. The van der Waals surface area contributed by atoms with Gasteiger partial charge in [-0.2, -0.15) is 0 Å². The van der Waals surface area contributed by atoms with Crippen LogP contribution in [-0.4, -0.2) is 15.0 Å². The van der Waals surface area contributed by atoms with E-state index in [0.717, 1.165) is 81.1 Å². The Bertz CT molecular complexity index is 2400. The molecule has 0 saturated carbocycles. The van der Waals surface area contributed by atoms with Crippen LogP contribution in [0, 0.1) is 5.92 Å². The van der Waals surface area contributed by atoms with Gasteiger partial charge in [0.05, 0.1) is 5.41 Å². The molecule has 0 amide bonds. The van der Waals surface area contributed by atoms with Crippen molar-refractivity contribution in [3.8, 4) is 11.4 Å². The maximum atomic E-state index is 6.46. The van der Waals surface area contributed by atoms with Crippen molar-refractivity contribution in [2.75, 3.05) is 0 Å². The lowest BCUT2D eigenvalue weighted by molar-refractivity contribution is 0.420. The number of benzene rings is 4. The standard InChI is InChI=1S/C42H35N3O2/c1-4-12-29-25(2)38-32(30-17-10-11-18-35(30)47-38)23-33(29)40-43-39(26-13-6-5-7-14-26)44-41(45-40)42(3)20-19-36-34(24-42)31-21-27-15-8-9-16-28(27)22-37(31)46-36/h5-11,13-23,25,29H,4,12,24H2,1-3H3/t25?,29?,42-/m1/s1. The predicted molar refractivity (Wildman–Crippen MR) is 190 cm³/mol. The third kappa shape index (κ3) is 4.48. The van der Waals surface area contributed by atoms with E-state index in [1.54, 1.807) is 0 Å². The molecule has 3 aromatic heterocycles. The van der Waals surface area contributed by atoms with Gasteiger partial charge >= 0.3 is 0 Å². The Morgan fingerprint density at radius 3 is 2.36 bits per heavy atom. The van der Waals surface area contributed by atoms with Crippen LogP contribution in [0.4, 0.5) is 0 Å². The number of fused-ring (bicyclic) bond motifs is 7. The number of nitrogens with zero attached hydrogens (tertiary/aromatic N) is 3. The van der Waals surface area contributed by atoms with Crippen molar-refractivity contribution in [3.63, 3.8) is 0 Å². The lowest BCUT2D eigenvalue weighted by atomic mass is 9.75. The molecule has 7 aromatic rings. The van der Waals surface area contributed by atoms with Crippen LogP contribution in [0.15, 0.2) is 106 Å². The second-order valence-electron chi connectivity index (χ2n) is 13.4. The van der Waals surface area contributed by atoms with Gasteiger partial charge in [-0.25, -0.2) is 15.0 Å². The minimum absolute atomic E-state index is 0.192. The first-order valence-electron chi connectivity index (χ1n) is 16.7. The van der Waals surface area contributed by atoms with Gasteiger partial charge < -0.3 is 8.83 Å². The van der Waals surface area contributed by atoms with E-state index in [4.69, 9.17) is 23.8 Å². The second kappa shape index (κ2) is 10.6. The molecule has 0 radical (unpaired) electrons. The van der Waals surface area contributed by atoms with Gasteiger partial charge in [0.2, 0.25) is 0 Å². The van der Waals surface area contributed by atoms with E-state index in [1.165, 1.54) is 16.3 Å². The Kier molecular flexibility index (Phi) is 6.33. The molecule has 0 fully saturated rings. The summed E-state index contributed by atoms with van der Waals surface area (Å²) < 4.78 is 12.9. The van der Waals surface area contributed by atoms with Crippen LogP contribution >= 0.6 is 0 Å². The van der Waals surface area contributed by atoms with Gasteiger partial charge in [-0.05, 0) is 66.8 Å². The maximum Gasteiger partial charge on any atom is 0.163 e. The molecule has 230 valence electrons. The molecular weight excluding hydrogens is 578 g/mol. The summed E-state index contributed by atoms with van der Waals surface area (Å²) in [4.78, 5) is 15.8. The zero-order valence-corrected chi connectivity index (χ0v) is 26.8. The molecule has 5 nitrogen and oxygen atoms in total. The van der Waals surface area contributed by atoms with Gasteiger partial charge in [-0.3, -0.25) is 0 Å². The molecular formula is C42H35N3O2. The molecule has 0 bridgehead atoms. The van der Waals surface area contributed by atoms with Crippen LogP contribution in [0.3, 0.4) is 0 Å². The van der Waals surface area contributed by atoms with E-state index in [0.29, 0.717) is 5.82 Å². The van der Waals surface area contributed by atoms with Gasteiger partial charge in [-0.15, -0.1) is 0 Å². The van der Waals surface area contributed by atoms with Crippen molar-refractivity contribution in [1.82, 2.24) is 15.0 Å². The van der Waals surface area contributed by atoms with Crippen LogP contribution in [0.25, 0.3) is 61.8 Å². The third-order valence-electron chi connectivity index (χ3n) is 10.3. The van der Waals surface area contributed by atoms with Gasteiger partial charge in [-0.1, -0.05) is 99.1 Å². The van der Waals surface area contributed by atoms with E-state index in [2.05, 4.69) is 106 Å². The summed E-state index contributed by atoms with van der Waals surface area (Å²) in [5, 5.41) is 4.67. The van der Waals surface area contributed by atoms with Gasteiger partial charge in [0, 0.05) is 39.0 Å². The fourth-order valence-electron chi connectivity index (χ4n) is 7.72. The topological polar surface area (TPSA) is 65.0 Å². The molecule has 3 heterocycles. The minimum atomic E-state index is -0.467. The smallest absolute Gasteiger partial charge is 0.163 e. The molecule has 0 aliphatic heterocycles. The minimum Gasteiger partial charge on any atom is -0.460 e. The zero-order chi connectivity index (χ0) is 31.7. The molecule has 0 spiro atoms. The number of rotatable bonds is 5. The molecule has 5 heteroatoms. The molecule has 9 rings (SSSR count). The molecule has 2 aliphatic carbocycles. The number of para-hydroxylation sites is 1. The number of hydrogen-bond donors (Lipinski definition) is 0. The fourth-order valence-corrected chi connectivity index (χ4v) is 7.72. The van der Waals surface area contributed by atoms with Crippen molar-refractivity contribution in [3.05, 3.63) is 131 Å². The van der Waals surface area contributed by atoms with E-state index in [1.807, 2.05) is 24.3 Å². The van der Waals surface area contributed by atoms with Crippen molar-refractivity contribution in [2.45, 2.75) is 51.4 Å². The second-order valence-corrected chi connectivity index (χ2v) is 13.4. The van der Waals surface area contributed by atoms with Crippen LogP contribution in [0.2, 0.25) is 0 Å². The van der Waals surface area contributed by atoms with E-state index >= 15 is 0 Å². The van der Waals surface area contributed by atoms with Crippen molar-refractivity contribution >= 4 is 50.4 Å². The summed E-state index contributed by atoms with van der Waals surface area (Å²) in [6, 6.07) is 31.5. The van der Waals surface area contributed by atoms with Gasteiger partial charge in [0.25, 0.3) is 0 Å². The van der Waals surface area contributed by atoms with E-state index in [9.17, 15) is 0 Å². The largest absolute Gasteiger partial charge is 0.460 e. The summed E-state index contributed by atoms with van der Waals surface area (Å²) in [6.45, 7) is 6.77. The van der Waals surface area contributed by atoms with E-state index in [-0.39, 0.29) is 11.8 Å². The zero-order valence-electron chi connectivity index (χ0n) is 26.8. The Hall–Kier alpha value is -5.29.